The molecule has 0 amide bonds. The second kappa shape index (κ2) is 6.27. The summed E-state index contributed by atoms with van der Waals surface area (Å²) in [4.78, 5) is 10.7. The van der Waals surface area contributed by atoms with Crippen molar-refractivity contribution in [2.45, 2.75) is 37.5 Å². The zero-order chi connectivity index (χ0) is 13.0. The number of rotatable bonds is 5. The summed E-state index contributed by atoms with van der Waals surface area (Å²) in [6.07, 6.45) is 5.71. The SMILES string of the molecule is CCSC1CCCC1Nc1ccnc(N(C)C)n1. The molecule has 1 N–H and O–H groups in total. The summed E-state index contributed by atoms with van der Waals surface area (Å²) in [5, 5.41) is 4.30. The normalized spacial score (nSPS) is 23.1. The van der Waals surface area contributed by atoms with E-state index >= 15 is 0 Å². The monoisotopic (exact) mass is 266 g/mol. The second-order valence-electron chi connectivity index (χ2n) is 4.81. The Morgan fingerprint density at radius 3 is 3.00 bits per heavy atom. The minimum absolute atomic E-state index is 0.555. The van der Waals surface area contributed by atoms with E-state index in [9.17, 15) is 0 Å². The average Bonchev–Trinajstić information content (AvgIpc) is 2.77. The number of aromatic nitrogens is 2. The maximum Gasteiger partial charge on any atom is 0.226 e. The first-order valence-corrected chi connectivity index (χ1v) is 7.64. The Labute approximate surface area is 114 Å². The van der Waals surface area contributed by atoms with Crippen molar-refractivity contribution in [2.24, 2.45) is 0 Å². The standard InChI is InChI=1S/C13H22N4S/c1-4-18-11-7-5-6-10(11)15-12-8-9-14-13(16-12)17(2)3/h8-11H,4-7H2,1-3H3,(H,14,15,16). The number of hydrogen-bond donors (Lipinski definition) is 1. The molecule has 0 bridgehead atoms. The van der Waals surface area contributed by atoms with E-state index in [0.29, 0.717) is 6.04 Å². The van der Waals surface area contributed by atoms with E-state index in [4.69, 9.17) is 0 Å². The van der Waals surface area contributed by atoms with E-state index < -0.39 is 0 Å². The van der Waals surface area contributed by atoms with Gasteiger partial charge < -0.3 is 10.2 Å². The fourth-order valence-corrected chi connectivity index (χ4v) is 3.54. The largest absolute Gasteiger partial charge is 0.366 e. The summed E-state index contributed by atoms with van der Waals surface area (Å²) in [6.45, 7) is 2.23. The summed E-state index contributed by atoms with van der Waals surface area (Å²) in [7, 11) is 3.93. The molecule has 100 valence electrons. The van der Waals surface area contributed by atoms with Crippen LogP contribution in [0.1, 0.15) is 26.2 Å². The van der Waals surface area contributed by atoms with Gasteiger partial charge >= 0.3 is 0 Å². The van der Waals surface area contributed by atoms with Gasteiger partial charge in [-0.05, 0) is 24.7 Å². The molecule has 1 aromatic rings. The molecule has 0 aromatic carbocycles. The first-order chi connectivity index (χ1) is 8.70. The van der Waals surface area contributed by atoms with Crippen LogP contribution >= 0.6 is 11.8 Å². The number of nitrogens with zero attached hydrogens (tertiary/aromatic N) is 3. The van der Waals surface area contributed by atoms with Gasteiger partial charge in [0, 0.05) is 31.6 Å². The van der Waals surface area contributed by atoms with Gasteiger partial charge in [0.2, 0.25) is 5.95 Å². The van der Waals surface area contributed by atoms with Crippen LogP contribution in [0.4, 0.5) is 11.8 Å². The van der Waals surface area contributed by atoms with Crippen LogP contribution in [-0.4, -0.2) is 41.1 Å². The fraction of sp³-hybridized carbons (Fsp3) is 0.692. The van der Waals surface area contributed by atoms with Gasteiger partial charge in [0.05, 0.1) is 0 Å². The maximum atomic E-state index is 4.52. The minimum Gasteiger partial charge on any atom is -0.366 e. The van der Waals surface area contributed by atoms with E-state index in [1.165, 1.54) is 25.0 Å². The van der Waals surface area contributed by atoms with E-state index in [1.807, 2.05) is 31.3 Å². The Hall–Kier alpha value is -0.970. The lowest BCUT2D eigenvalue weighted by Crippen LogP contribution is -2.27. The Bertz CT molecular complexity index is 383. The first-order valence-electron chi connectivity index (χ1n) is 6.59. The zero-order valence-corrected chi connectivity index (χ0v) is 12.2. The topological polar surface area (TPSA) is 41.1 Å². The third kappa shape index (κ3) is 3.28. The van der Waals surface area contributed by atoms with Gasteiger partial charge in [-0.3, -0.25) is 0 Å². The van der Waals surface area contributed by atoms with Gasteiger partial charge in [0.25, 0.3) is 0 Å². The molecule has 1 fully saturated rings. The lowest BCUT2D eigenvalue weighted by molar-refractivity contribution is 0.761. The summed E-state index contributed by atoms with van der Waals surface area (Å²) in [5.74, 6) is 2.90. The summed E-state index contributed by atoms with van der Waals surface area (Å²) in [6, 6.07) is 2.51. The quantitative estimate of drug-likeness (QED) is 0.887. The van der Waals surface area contributed by atoms with Crippen LogP contribution in [0.5, 0.6) is 0 Å². The minimum atomic E-state index is 0.555. The highest BCUT2D eigenvalue weighted by Crippen LogP contribution is 2.31. The van der Waals surface area contributed by atoms with Crippen molar-refractivity contribution in [2.75, 3.05) is 30.1 Å². The van der Waals surface area contributed by atoms with Crippen LogP contribution < -0.4 is 10.2 Å². The van der Waals surface area contributed by atoms with Crippen LogP contribution in [0.15, 0.2) is 12.3 Å². The molecule has 2 rings (SSSR count). The van der Waals surface area contributed by atoms with Crippen molar-refractivity contribution in [3.8, 4) is 0 Å². The highest BCUT2D eigenvalue weighted by Gasteiger charge is 2.27. The van der Waals surface area contributed by atoms with Crippen LogP contribution in [0.3, 0.4) is 0 Å². The first kappa shape index (κ1) is 13.5. The van der Waals surface area contributed by atoms with Crippen LogP contribution in [0, 0.1) is 0 Å². The van der Waals surface area contributed by atoms with E-state index in [1.54, 1.807) is 0 Å². The molecular weight excluding hydrogens is 244 g/mol. The third-order valence-electron chi connectivity index (χ3n) is 3.21. The van der Waals surface area contributed by atoms with Gasteiger partial charge in [-0.25, -0.2) is 4.98 Å². The molecule has 1 heterocycles. The Morgan fingerprint density at radius 1 is 1.44 bits per heavy atom. The van der Waals surface area contributed by atoms with E-state index in [-0.39, 0.29) is 0 Å². The molecule has 0 radical (unpaired) electrons. The molecule has 0 spiro atoms. The maximum absolute atomic E-state index is 4.52. The predicted molar refractivity (Wildman–Crippen MR) is 79.5 cm³/mol. The number of nitrogens with one attached hydrogen (secondary N) is 1. The molecule has 1 saturated carbocycles. The molecule has 1 aliphatic carbocycles. The lowest BCUT2D eigenvalue weighted by Gasteiger charge is -2.21. The van der Waals surface area contributed by atoms with E-state index in [0.717, 1.165) is 17.0 Å². The molecule has 0 aliphatic heterocycles. The van der Waals surface area contributed by atoms with Gasteiger partial charge in [-0.2, -0.15) is 16.7 Å². The van der Waals surface area contributed by atoms with Crippen molar-refractivity contribution in [3.05, 3.63) is 12.3 Å². The van der Waals surface area contributed by atoms with Gasteiger partial charge in [-0.15, -0.1) is 0 Å². The van der Waals surface area contributed by atoms with Gasteiger partial charge in [-0.1, -0.05) is 13.3 Å². The average molecular weight is 266 g/mol. The highest BCUT2D eigenvalue weighted by molar-refractivity contribution is 7.99. The second-order valence-corrected chi connectivity index (χ2v) is 6.33. The summed E-state index contributed by atoms with van der Waals surface area (Å²) >= 11 is 2.06. The predicted octanol–water partition coefficient (Wildman–Crippen LogP) is 2.63. The number of hydrogen-bond acceptors (Lipinski definition) is 5. The molecule has 18 heavy (non-hydrogen) atoms. The lowest BCUT2D eigenvalue weighted by atomic mass is 10.2. The third-order valence-corrected chi connectivity index (χ3v) is 4.54. The molecular formula is C13H22N4S. The van der Waals surface area contributed by atoms with Crippen LogP contribution in [-0.2, 0) is 0 Å². The molecule has 1 aliphatic rings. The Kier molecular flexibility index (Phi) is 4.69. The van der Waals surface area contributed by atoms with Crippen molar-refractivity contribution >= 4 is 23.5 Å². The molecule has 2 atom stereocenters. The zero-order valence-electron chi connectivity index (χ0n) is 11.4. The summed E-state index contributed by atoms with van der Waals surface area (Å²) in [5.41, 5.74) is 0. The Morgan fingerprint density at radius 2 is 2.28 bits per heavy atom. The molecule has 0 saturated heterocycles. The molecule has 5 heteroatoms. The number of thioether (sulfide) groups is 1. The molecule has 4 nitrogen and oxygen atoms in total. The Balaban J connectivity index is 2.02. The molecule has 1 aromatic heterocycles. The highest BCUT2D eigenvalue weighted by atomic mass is 32.2. The fourth-order valence-electron chi connectivity index (χ4n) is 2.34. The van der Waals surface area contributed by atoms with Gasteiger partial charge in [0.1, 0.15) is 5.82 Å². The van der Waals surface area contributed by atoms with Crippen LogP contribution in [0.2, 0.25) is 0 Å². The number of anilines is 2. The van der Waals surface area contributed by atoms with Crippen molar-refractivity contribution in [1.82, 2.24) is 9.97 Å². The summed E-state index contributed by atoms with van der Waals surface area (Å²) < 4.78 is 0. The van der Waals surface area contributed by atoms with E-state index in [2.05, 4.69) is 34.0 Å². The van der Waals surface area contributed by atoms with Crippen LogP contribution in [0.25, 0.3) is 0 Å². The molecule has 2 unspecified atom stereocenters. The van der Waals surface area contributed by atoms with Gasteiger partial charge in [0.15, 0.2) is 0 Å². The van der Waals surface area contributed by atoms with Crippen molar-refractivity contribution < 1.29 is 0 Å². The smallest absolute Gasteiger partial charge is 0.226 e. The van der Waals surface area contributed by atoms with Crippen molar-refractivity contribution in [3.63, 3.8) is 0 Å². The van der Waals surface area contributed by atoms with Crippen molar-refractivity contribution in [1.29, 1.82) is 0 Å².